The van der Waals surface area contributed by atoms with Gasteiger partial charge in [0, 0.05) is 12.1 Å². The van der Waals surface area contributed by atoms with Crippen LogP contribution < -0.4 is 0 Å². The lowest BCUT2D eigenvalue weighted by Crippen LogP contribution is -2.24. The van der Waals surface area contributed by atoms with E-state index < -0.39 is 15.8 Å². The highest BCUT2D eigenvalue weighted by atomic mass is 32.2. The van der Waals surface area contributed by atoms with E-state index in [1.165, 1.54) is 7.11 Å². The van der Waals surface area contributed by atoms with Crippen molar-refractivity contribution in [3.63, 3.8) is 0 Å². The predicted molar refractivity (Wildman–Crippen MR) is 75.0 cm³/mol. The molecule has 1 unspecified atom stereocenters. The van der Waals surface area contributed by atoms with Crippen LogP contribution in [0.25, 0.3) is 5.65 Å². The van der Waals surface area contributed by atoms with Gasteiger partial charge in [-0.15, -0.1) is 0 Å². The summed E-state index contributed by atoms with van der Waals surface area (Å²) in [5.74, 6) is 0.227. The van der Waals surface area contributed by atoms with Crippen LogP contribution in [0.2, 0.25) is 0 Å². The van der Waals surface area contributed by atoms with Crippen LogP contribution in [0, 0.1) is 0 Å². The SMILES string of the molecule is COC(=O)c1ccn2nc(C3CCCS(=O)(=O)C3)nc2c1. The van der Waals surface area contributed by atoms with Crippen molar-refractivity contribution in [3.05, 3.63) is 29.7 Å². The van der Waals surface area contributed by atoms with Crippen molar-refractivity contribution in [2.45, 2.75) is 18.8 Å². The zero-order chi connectivity index (χ0) is 15.0. The summed E-state index contributed by atoms with van der Waals surface area (Å²) in [7, 11) is -1.69. The zero-order valence-electron chi connectivity index (χ0n) is 11.5. The maximum absolute atomic E-state index is 11.7. The van der Waals surface area contributed by atoms with Crippen molar-refractivity contribution in [1.82, 2.24) is 14.6 Å². The van der Waals surface area contributed by atoms with Crippen LogP contribution in [0.1, 0.15) is 34.9 Å². The molecule has 0 N–H and O–H groups in total. The Labute approximate surface area is 121 Å². The van der Waals surface area contributed by atoms with E-state index in [0.717, 1.165) is 6.42 Å². The van der Waals surface area contributed by atoms with E-state index in [1.807, 2.05) is 0 Å². The molecule has 1 aliphatic heterocycles. The van der Waals surface area contributed by atoms with Gasteiger partial charge >= 0.3 is 5.97 Å². The molecule has 1 fully saturated rings. The van der Waals surface area contributed by atoms with Crippen molar-refractivity contribution in [2.75, 3.05) is 18.6 Å². The van der Waals surface area contributed by atoms with Crippen LogP contribution in [-0.4, -0.2) is 47.6 Å². The summed E-state index contributed by atoms with van der Waals surface area (Å²) in [6.07, 6.45) is 3.02. The molecule has 3 heterocycles. The number of carbonyl (C=O) groups excluding carboxylic acids is 1. The number of carbonyl (C=O) groups is 1. The number of sulfone groups is 1. The van der Waals surface area contributed by atoms with E-state index in [1.54, 1.807) is 22.8 Å². The molecule has 0 amide bonds. The molecular weight excluding hydrogens is 294 g/mol. The Morgan fingerprint density at radius 1 is 1.48 bits per heavy atom. The molecule has 8 heteroatoms. The number of rotatable bonds is 2. The number of pyridine rings is 1. The average molecular weight is 309 g/mol. The molecule has 2 aromatic rings. The number of esters is 1. The Hall–Kier alpha value is -1.96. The lowest BCUT2D eigenvalue weighted by molar-refractivity contribution is 0.0600. The lowest BCUT2D eigenvalue weighted by atomic mass is 10.1. The fraction of sp³-hybridized carbons (Fsp3) is 0.462. The third kappa shape index (κ3) is 2.76. The van der Waals surface area contributed by atoms with E-state index in [-0.39, 0.29) is 17.4 Å². The standard InChI is InChI=1S/C13H15N3O4S/c1-20-13(17)9-4-5-16-11(7-9)14-12(15-16)10-3-2-6-21(18,19)8-10/h4-5,7,10H,2-3,6,8H2,1H3. The minimum absolute atomic E-state index is 0.0910. The maximum Gasteiger partial charge on any atom is 0.338 e. The van der Waals surface area contributed by atoms with Gasteiger partial charge in [0.15, 0.2) is 21.3 Å². The molecule has 1 atom stereocenters. The van der Waals surface area contributed by atoms with Crippen LogP contribution >= 0.6 is 0 Å². The molecule has 0 radical (unpaired) electrons. The summed E-state index contributed by atoms with van der Waals surface area (Å²) < 4.78 is 29.6. The van der Waals surface area contributed by atoms with Gasteiger partial charge in [-0.05, 0) is 25.0 Å². The van der Waals surface area contributed by atoms with Gasteiger partial charge in [-0.2, -0.15) is 5.10 Å². The number of fused-ring (bicyclic) bond motifs is 1. The molecule has 2 aromatic heterocycles. The molecule has 1 saturated heterocycles. The Morgan fingerprint density at radius 3 is 3.00 bits per heavy atom. The summed E-state index contributed by atoms with van der Waals surface area (Å²) in [4.78, 5) is 15.9. The van der Waals surface area contributed by atoms with Crippen molar-refractivity contribution in [1.29, 1.82) is 0 Å². The first-order valence-corrected chi connectivity index (χ1v) is 8.46. The van der Waals surface area contributed by atoms with E-state index in [9.17, 15) is 13.2 Å². The van der Waals surface area contributed by atoms with Crippen LogP contribution in [-0.2, 0) is 14.6 Å². The van der Waals surface area contributed by atoms with Gasteiger partial charge in [-0.3, -0.25) is 0 Å². The normalized spacial score (nSPS) is 21.3. The topological polar surface area (TPSA) is 90.6 Å². The number of aromatic nitrogens is 3. The monoisotopic (exact) mass is 309 g/mol. The molecule has 0 bridgehead atoms. The van der Waals surface area contributed by atoms with E-state index in [4.69, 9.17) is 0 Å². The molecule has 7 nitrogen and oxygen atoms in total. The van der Waals surface area contributed by atoms with Gasteiger partial charge in [0.2, 0.25) is 0 Å². The summed E-state index contributed by atoms with van der Waals surface area (Å²) in [5, 5.41) is 4.32. The second-order valence-electron chi connectivity index (χ2n) is 5.13. The van der Waals surface area contributed by atoms with Crippen LogP contribution in [0.15, 0.2) is 18.3 Å². The highest BCUT2D eigenvalue weighted by Gasteiger charge is 2.28. The second-order valence-corrected chi connectivity index (χ2v) is 7.36. The summed E-state index contributed by atoms with van der Waals surface area (Å²) in [6.45, 7) is 0. The fourth-order valence-corrected chi connectivity index (χ4v) is 4.24. The Balaban J connectivity index is 1.95. The third-order valence-electron chi connectivity index (χ3n) is 3.60. The van der Waals surface area contributed by atoms with Gasteiger partial charge in [-0.1, -0.05) is 0 Å². The first-order valence-electron chi connectivity index (χ1n) is 6.63. The van der Waals surface area contributed by atoms with Crippen molar-refractivity contribution < 1.29 is 17.9 Å². The molecule has 0 aromatic carbocycles. The highest BCUT2D eigenvalue weighted by molar-refractivity contribution is 7.91. The minimum atomic E-state index is -3.01. The molecule has 1 aliphatic rings. The molecular formula is C13H15N3O4S. The van der Waals surface area contributed by atoms with Gasteiger partial charge in [0.05, 0.1) is 24.2 Å². The molecule has 112 valence electrons. The minimum Gasteiger partial charge on any atom is -0.465 e. The Kier molecular flexibility index (Phi) is 3.40. The fourth-order valence-electron chi connectivity index (χ4n) is 2.54. The number of hydrogen-bond acceptors (Lipinski definition) is 6. The first-order chi connectivity index (χ1) is 9.98. The van der Waals surface area contributed by atoms with Gasteiger partial charge < -0.3 is 4.74 Å². The number of ether oxygens (including phenoxy) is 1. The Morgan fingerprint density at radius 2 is 2.29 bits per heavy atom. The quantitative estimate of drug-likeness (QED) is 0.762. The highest BCUT2D eigenvalue weighted by Crippen LogP contribution is 2.26. The van der Waals surface area contributed by atoms with E-state index in [0.29, 0.717) is 23.5 Å². The summed E-state index contributed by atoms with van der Waals surface area (Å²) in [5.41, 5.74) is 0.899. The third-order valence-corrected chi connectivity index (χ3v) is 5.42. The zero-order valence-corrected chi connectivity index (χ0v) is 12.3. The average Bonchev–Trinajstić information content (AvgIpc) is 2.88. The second kappa shape index (κ2) is 5.10. The molecule has 0 aliphatic carbocycles. The number of nitrogens with zero attached hydrogens (tertiary/aromatic N) is 3. The molecule has 0 spiro atoms. The predicted octanol–water partition coefficient (Wildman–Crippen LogP) is 0.808. The molecule has 3 rings (SSSR count). The number of methoxy groups -OCH3 is 1. The molecule has 21 heavy (non-hydrogen) atoms. The van der Waals surface area contributed by atoms with Gasteiger partial charge in [0.25, 0.3) is 0 Å². The van der Waals surface area contributed by atoms with Crippen LogP contribution in [0.5, 0.6) is 0 Å². The van der Waals surface area contributed by atoms with Crippen molar-refractivity contribution in [2.24, 2.45) is 0 Å². The maximum atomic E-state index is 11.7. The summed E-state index contributed by atoms with van der Waals surface area (Å²) >= 11 is 0. The van der Waals surface area contributed by atoms with Gasteiger partial charge in [-0.25, -0.2) is 22.7 Å². The van der Waals surface area contributed by atoms with Crippen molar-refractivity contribution in [3.8, 4) is 0 Å². The van der Waals surface area contributed by atoms with E-state index >= 15 is 0 Å². The Bertz CT molecular complexity index is 797. The van der Waals surface area contributed by atoms with Crippen LogP contribution in [0.3, 0.4) is 0 Å². The van der Waals surface area contributed by atoms with Gasteiger partial charge in [0.1, 0.15) is 0 Å². The van der Waals surface area contributed by atoms with Crippen LogP contribution in [0.4, 0.5) is 0 Å². The smallest absolute Gasteiger partial charge is 0.338 e. The lowest BCUT2D eigenvalue weighted by Gasteiger charge is -2.18. The summed E-state index contributed by atoms with van der Waals surface area (Å²) in [6, 6.07) is 3.18. The number of hydrogen-bond donors (Lipinski definition) is 0. The largest absolute Gasteiger partial charge is 0.465 e. The van der Waals surface area contributed by atoms with Crippen molar-refractivity contribution >= 4 is 21.5 Å². The first kappa shape index (κ1) is 14.0. The molecule has 0 saturated carbocycles. The van der Waals surface area contributed by atoms with E-state index in [2.05, 4.69) is 14.8 Å².